The summed E-state index contributed by atoms with van der Waals surface area (Å²) in [6.07, 6.45) is 3.06. The van der Waals surface area contributed by atoms with Gasteiger partial charge in [-0.05, 0) is 42.2 Å². The van der Waals surface area contributed by atoms with Crippen molar-refractivity contribution >= 4 is 29.1 Å². The second-order valence-corrected chi connectivity index (χ2v) is 8.46. The van der Waals surface area contributed by atoms with Crippen LogP contribution in [0.4, 0.5) is 0 Å². The lowest BCUT2D eigenvalue weighted by molar-refractivity contribution is -0.139. The van der Waals surface area contributed by atoms with Gasteiger partial charge in [-0.2, -0.15) is 0 Å². The zero-order chi connectivity index (χ0) is 17.9. The normalized spacial score (nSPS) is 17.0. The third-order valence-electron chi connectivity index (χ3n) is 4.14. The summed E-state index contributed by atoms with van der Waals surface area (Å²) in [4.78, 5) is 36.7. The van der Waals surface area contributed by atoms with E-state index in [-0.39, 0.29) is 18.7 Å². The first-order chi connectivity index (χ1) is 11.2. The van der Waals surface area contributed by atoms with Gasteiger partial charge in [0.1, 0.15) is 0 Å². The molecule has 132 valence electrons. The molecule has 0 spiro atoms. The Morgan fingerprint density at radius 3 is 2.67 bits per heavy atom. The largest absolute Gasteiger partial charge is 0.481 e. The zero-order valence-electron chi connectivity index (χ0n) is 14.3. The average molecular weight is 352 g/mol. The van der Waals surface area contributed by atoms with Crippen LogP contribution in [0.25, 0.3) is 0 Å². The second-order valence-electron chi connectivity index (χ2n) is 7.32. The van der Waals surface area contributed by atoms with E-state index in [1.165, 1.54) is 21.8 Å². The summed E-state index contributed by atoms with van der Waals surface area (Å²) in [7, 11) is 0. The monoisotopic (exact) mass is 352 g/mol. The molecule has 24 heavy (non-hydrogen) atoms. The van der Waals surface area contributed by atoms with Gasteiger partial charge in [-0.15, -0.1) is 11.3 Å². The standard InChI is InChI=1S/C17H24N2O4S/c1-10-4-5-12-11(6-10)7-13(24-12)16(23)19-18-14(20)8-17(2,3)9-15(21)22/h7,10H,4-6,8-9H2,1-3H3,(H,18,20)(H,19,23)(H,21,22)/t10-/m0/s1. The molecule has 3 N–H and O–H groups in total. The number of hydrazine groups is 1. The number of thiophene rings is 1. The van der Waals surface area contributed by atoms with Gasteiger partial charge in [0, 0.05) is 11.3 Å². The Balaban J connectivity index is 1.87. The molecule has 0 unspecified atom stereocenters. The minimum absolute atomic E-state index is 0.0258. The number of carboxylic acids is 1. The molecule has 2 rings (SSSR count). The smallest absolute Gasteiger partial charge is 0.303 e. The van der Waals surface area contributed by atoms with Crippen LogP contribution in [-0.2, 0) is 22.4 Å². The van der Waals surface area contributed by atoms with Gasteiger partial charge in [-0.1, -0.05) is 20.8 Å². The summed E-state index contributed by atoms with van der Waals surface area (Å²) in [5.74, 6) is -1.04. The highest BCUT2D eigenvalue weighted by atomic mass is 32.1. The average Bonchev–Trinajstić information content (AvgIpc) is 2.85. The predicted octanol–water partition coefficient (Wildman–Crippen LogP) is 2.52. The highest BCUT2D eigenvalue weighted by Crippen LogP contribution is 2.32. The van der Waals surface area contributed by atoms with Crippen molar-refractivity contribution in [1.82, 2.24) is 10.9 Å². The maximum absolute atomic E-state index is 12.2. The molecule has 0 radical (unpaired) electrons. The van der Waals surface area contributed by atoms with Crippen LogP contribution in [0.1, 0.15) is 60.1 Å². The molecule has 1 atom stereocenters. The molecule has 1 heterocycles. The van der Waals surface area contributed by atoms with Gasteiger partial charge in [0.25, 0.3) is 5.91 Å². The minimum Gasteiger partial charge on any atom is -0.481 e. The maximum atomic E-state index is 12.2. The molecule has 7 heteroatoms. The van der Waals surface area contributed by atoms with Gasteiger partial charge < -0.3 is 5.11 Å². The first-order valence-electron chi connectivity index (χ1n) is 8.09. The van der Waals surface area contributed by atoms with E-state index < -0.39 is 17.3 Å². The van der Waals surface area contributed by atoms with Crippen molar-refractivity contribution in [2.45, 2.75) is 52.9 Å². The van der Waals surface area contributed by atoms with Crippen LogP contribution in [0.15, 0.2) is 6.07 Å². The van der Waals surface area contributed by atoms with E-state index in [4.69, 9.17) is 5.11 Å². The van der Waals surface area contributed by atoms with Gasteiger partial charge in [-0.3, -0.25) is 25.2 Å². The van der Waals surface area contributed by atoms with E-state index in [0.717, 1.165) is 19.3 Å². The minimum atomic E-state index is -0.949. The molecule has 2 amide bonds. The van der Waals surface area contributed by atoms with E-state index in [0.29, 0.717) is 10.8 Å². The van der Waals surface area contributed by atoms with Crippen LogP contribution < -0.4 is 10.9 Å². The molecule has 0 bridgehead atoms. The molecule has 0 saturated carbocycles. The summed E-state index contributed by atoms with van der Waals surface area (Å²) in [6, 6.07) is 1.91. The Kier molecular flexibility index (Phi) is 5.64. The lowest BCUT2D eigenvalue weighted by Crippen LogP contribution is -2.43. The first kappa shape index (κ1) is 18.4. The van der Waals surface area contributed by atoms with E-state index in [1.54, 1.807) is 13.8 Å². The second kappa shape index (κ2) is 7.34. The highest BCUT2D eigenvalue weighted by molar-refractivity contribution is 7.14. The number of rotatable bonds is 5. The van der Waals surface area contributed by atoms with Crippen molar-refractivity contribution in [2.75, 3.05) is 0 Å². The van der Waals surface area contributed by atoms with E-state index in [1.807, 2.05) is 6.07 Å². The quantitative estimate of drug-likeness (QED) is 0.710. The summed E-state index contributed by atoms with van der Waals surface area (Å²) in [6.45, 7) is 5.62. The lowest BCUT2D eigenvalue weighted by Gasteiger charge is -2.21. The molecule has 0 aromatic carbocycles. The number of carbonyl (C=O) groups is 3. The van der Waals surface area contributed by atoms with E-state index >= 15 is 0 Å². The lowest BCUT2D eigenvalue weighted by atomic mass is 9.85. The number of fused-ring (bicyclic) bond motifs is 1. The molecular formula is C17H24N2O4S. The van der Waals surface area contributed by atoms with Gasteiger partial charge in [0.2, 0.25) is 5.91 Å². The zero-order valence-corrected chi connectivity index (χ0v) is 15.1. The third-order valence-corrected chi connectivity index (χ3v) is 5.37. The topological polar surface area (TPSA) is 95.5 Å². The molecule has 0 aliphatic heterocycles. The van der Waals surface area contributed by atoms with Crippen LogP contribution in [0.3, 0.4) is 0 Å². The fourth-order valence-corrected chi connectivity index (χ4v) is 4.06. The number of hydrogen-bond donors (Lipinski definition) is 3. The Bertz CT molecular complexity index is 651. The summed E-state index contributed by atoms with van der Waals surface area (Å²) in [5, 5.41) is 8.83. The number of nitrogens with one attached hydrogen (secondary N) is 2. The molecule has 0 fully saturated rings. The van der Waals surface area contributed by atoms with Gasteiger partial charge >= 0.3 is 5.97 Å². The van der Waals surface area contributed by atoms with Crippen molar-refractivity contribution < 1.29 is 19.5 Å². The van der Waals surface area contributed by atoms with Crippen LogP contribution in [0.2, 0.25) is 0 Å². The molecule has 6 nitrogen and oxygen atoms in total. The fraction of sp³-hybridized carbons (Fsp3) is 0.588. The number of carbonyl (C=O) groups excluding carboxylic acids is 2. The Morgan fingerprint density at radius 1 is 1.29 bits per heavy atom. The summed E-state index contributed by atoms with van der Waals surface area (Å²) < 4.78 is 0. The maximum Gasteiger partial charge on any atom is 0.303 e. The van der Waals surface area contributed by atoms with Crippen molar-refractivity contribution in [3.8, 4) is 0 Å². The predicted molar refractivity (Wildman–Crippen MR) is 91.8 cm³/mol. The van der Waals surface area contributed by atoms with Crippen molar-refractivity contribution in [3.05, 3.63) is 21.4 Å². The van der Waals surface area contributed by atoms with Crippen molar-refractivity contribution in [2.24, 2.45) is 11.3 Å². The molecule has 0 saturated heterocycles. The van der Waals surface area contributed by atoms with Crippen molar-refractivity contribution in [1.29, 1.82) is 0 Å². The number of carboxylic acid groups (broad SMARTS) is 1. The summed E-state index contributed by atoms with van der Waals surface area (Å²) >= 11 is 1.48. The van der Waals surface area contributed by atoms with Crippen LogP contribution in [0, 0.1) is 11.3 Å². The third kappa shape index (κ3) is 5.06. The number of aryl methyl sites for hydroxylation is 1. The van der Waals surface area contributed by atoms with Gasteiger partial charge in [0.05, 0.1) is 11.3 Å². The van der Waals surface area contributed by atoms with E-state index in [9.17, 15) is 14.4 Å². The number of aliphatic carboxylic acids is 1. The fourth-order valence-electron chi connectivity index (χ4n) is 2.96. The molecule has 1 aliphatic rings. The summed E-state index contributed by atoms with van der Waals surface area (Å²) in [5.41, 5.74) is 5.36. The Labute approximate surface area is 145 Å². The van der Waals surface area contributed by atoms with Crippen LogP contribution >= 0.6 is 11.3 Å². The molecule has 1 aliphatic carbocycles. The molecule has 1 aromatic rings. The SMILES string of the molecule is C[C@H]1CCc2sc(C(=O)NNC(=O)CC(C)(C)CC(=O)O)cc2C1. The molecule has 1 aromatic heterocycles. The Hall–Kier alpha value is -1.89. The van der Waals surface area contributed by atoms with Gasteiger partial charge in [0.15, 0.2) is 0 Å². The van der Waals surface area contributed by atoms with Gasteiger partial charge in [-0.25, -0.2) is 0 Å². The molecular weight excluding hydrogens is 328 g/mol. The number of amides is 2. The van der Waals surface area contributed by atoms with Crippen LogP contribution in [-0.4, -0.2) is 22.9 Å². The highest BCUT2D eigenvalue weighted by Gasteiger charge is 2.26. The Morgan fingerprint density at radius 2 is 2.00 bits per heavy atom. The van der Waals surface area contributed by atoms with Crippen molar-refractivity contribution in [3.63, 3.8) is 0 Å². The first-order valence-corrected chi connectivity index (χ1v) is 8.90. The van der Waals surface area contributed by atoms with Crippen LogP contribution in [0.5, 0.6) is 0 Å². The van der Waals surface area contributed by atoms with E-state index in [2.05, 4.69) is 17.8 Å². The number of hydrogen-bond acceptors (Lipinski definition) is 4.